The minimum Gasteiger partial charge on any atom is -0.399 e. The molecule has 0 spiro atoms. The maximum absolute atomic E-state index is 13.9. The molecule has 0 saturated carbocycles. The Kier molecular flexibility index (Phi) is 4.28. The molecule has 1 heterocycles. The molecule has 23 heavy (non-hydrogen) atoms. The predicted octanol–water partition coefficient (Wildman–Crippen LogP) is 2.39. The fourth-order valence-corrected chi connectivity index (χ4v) is 2.35. The maximum Gasteiger partial charge on any atom is 0.494 e. The van der Waals surface area contributed by atoms with Crippen LogP contribution >= 0.6 is 0 Å². The van der Waals surface area contributed by atoms with Crippen molar-refractivity contribution in [2.24, 2.45) is 0 Å². The van der Waals surface area contributed by atoms with Crippen LogP contribution in [0.15, 0.2) is 18.2 Å². The summed E-state index contributed by atoms with van der Waals surface area (Å²) in [5.74, 6) is -5.95. The van der Waals surface area contributed by atoms with E-state index in [1.54, 1.807) is 0 Å². The molecule has 1 aromatic carbocycles. The summed E-state index contributed by atoms with van der Waals surface area (Å²) in [4.78, 5) is 11.0. The van der Waals surface area contributed by atoms with Gasteiger partial charge in [0.25, 0.3) is 0 Å². The van der Waals surface area contributed by atoms with E-state index in [9.17, 15) is 18.1 Å². The van der Waals surface area contributed by atoms with Crippen molar-refractivity contribution in [1.82, 2.24) is 5.54 Å². The molecule has 1 aliphatic rings. The van der Waals surface area contributed by atoms with Crippen molar-refractivity contribution in [1.29, 1.82) is 0 Å². The van der Waals surface area contributed by atoms with E-state index in [1.807, 2.05) is 27.7 Å². The highest BCUT2D eigenvalue weighted by molar-refractivity contribution is 6.62. The lowest BCUT2D eigenvalue weighted by molar-refractivity contribution is -0.151. The summed E-state index contributed by atoms with van der Waals surface area (Å²) >= 11 is 0. The highest BCUT2D eigenvalue weighted by Gasteiger charge is 2.52. The second kappa shape index (κ2) is 5.52. The number of halogens is 3. The number of hydrogen-bond donors (Lipinski definition) is 1. The third-order valence-corrected chi connectivity index (χ3v) is 4.49. The first-order valence-electron chi connectivity index (χ1n) is 7.18. The fourth-order valence-electron chi connectivity index (χ4n) is 2.35. The van der Waals surface area contributed by atoms with Gasteiger partial charge in [-0.2, -0.15) is 14.3 Å². The van der Waals surface area contributed by atoms with Crippen LogP contribution < -0.4 is 11.0 Å². The van der Waals surface area contributed by atoms with Crippen LogP contribution in [0.2, 0.25) is 0 Å². The van der Waals surface area contributed by atoms with E-state index in [1.165, 1.54) is 19.1 Å². The molecular weight excluding hydrogens is 310 g/mol. The van der Waals surface area contributed by atoms with E-state index in [0.717, 1.165) is 6.07 Å². The zero-order valence-electron chi connectivity index (χ0n) is 13.7. The maximum atomic E-state index is 13.9. The molecule has 1 aliphatic heterocycles. The van der Waals surface area contributed by atoms with E-state index in [0.29, 0.717) is 11.0 Å². The average Bonchev–Trinajstić information content (AvgIpc) is 2.66. The van der Waals surface area contributed by atoms with Gasteiger partial charge in [0.05, 0.1) is 11.2 Å². The topological polar surface area (TPSA) is 47.6 Å². The molecule has 1 N–H and O–H groups in total. The van der Waals surface area contributed by atoms with Crippen molar-refractivity contribution in [3.8, 4) is 0 Å². The van der Waals surface area contributed by atoms with Crippen molar-refractivity contribution in [2.45, 2.75) is 51.7 Å². The van der Waals surface area contributed by atoms with Gasteiger partial charge in [0.1, 0.15) is 0 Å². The van der Waals surface area contributed by atoms with E-state index < -0.39 is 35.7 Å². The van der Waals surface area contributed by atoms with Crippen LogP contribution in [0.1, 0.15) is 38.8 Å². The van der Waals surface area contributed by atoms with Gasteiger partial charge in [0.2, 0.25) is 0 Å². The number of alkyl halides is 2. The highest BCUT2D eigenvalue weighted by atomic mass is 19.3. The lowest BCUT2D eigenvalue weighted by atomic mass is 9.77. The zero-order chi connectivity index (χ0) is 17.6. The van der Waals surface area contributed by atoms with Gasteiger partial charge >= 0.3 is 18.9 Å². The standard InChI is InChI=1S/C15H19BF3NO3/c1-9-8-10(16-22-13(2,3)14(4,5)23-16)6-7-11(9)15(17,18)12(21)20-19/h6-8H,1-5H3,(H,20,21). The second-order valence-corrected chi connectivity index (χ2v) is 6.66. The first kappa shape index (κ1) is 17.8. The quantitative estimate of drug-likeness (QED) is 0.684. The van der Waals surface area contributed by atoms with Gasteiger partial charge in [-0.25, -0.2) is 0 Å². The Labute approximate surface area is 133 Å². The number of carbonyl (C=O) groups excluding carboxylic acids is 1. The van der Waals surface area contributed by atoms with Crippen molar-refractivity contribution in [3.05, 3.63) is 29.3 Å². The molecule has 4 nitrogen and oxygen atoms in total. The summed E-state index contributed by atoms with van der Waals surface area (Å²) in [6.07, 6.45) is 0. The van der Waals surface area contributed by atoms with Crippen LogP contribution in [0.25, 0.3) is 0 Å². The number of benzene rings is 1. The van der Waals surface area contributed by atoms with E-state index in [4.69, 9.17) is 9.31 Å². The molecule has 1 fully saturated rings. The third kappa shape index (κ3) is 2.97. The third-order valence-electron chi connectivity index (χ3n) is 4.49. The summed E-state index contributed by atoms with van der Waals surface area (Å²) in [6.45, 7) is 8.95. The minimum absolute atomic E-state index is 0.144. The molecule has 1 amide bonds. The van der Waals surface area contributed by atoms with Crippen molar-refractivity contribution in [2.75, 3.05) is 0 Å². The lowest BCUT2D eigenvalue weighted by Gasteiger charge is -2.32. The molecule has 126 valence electrons. The Bertz CT molecular complexity index is 618. The van der Waals surface area contributed by atoms with Gasteiger partial charge in [0.15, 0.2) is 0 Å². The van der Waals surface area contributed by atoms with Gasteiger partial charge in [-0.1, -0.05) is 18.2 Å². The minimum atomic E-state index is -3.95. The first-order chi connectivity index (χ1) is 10.4. The monoisotopic (exact) mass is 329 g/mol. The Hall–Kier alpha value is -1.54. The second-order valence-electron chi connectivity index (χ2n) is 6.66. The Balaban J connectivity index is 2.33. The molecule has 0 radical (unpaired) electrons. The number of aryl methyl sites for hydroxylation is 1. The van der Waals surface area contributed by atoms with Gasteiger partial charge in [-0.05, 0) is 45.6 Å². The van der Waals surface area contributed by atoms with Gasteiger partial charge in [0, 0.05) is 5.56 Å². The molecule has 1 saturated heterocycles. The Morgan fingerprint density at radius 1 is 1.17 bits per heavy atom. The van der Waals surface area contributed by atoms with Crippen LogP contribution in [0.4, 0.5) is 13.3 Å². The Morgan fingerprint density at radius 3 is 2.13 bits per heavy atom. The average molecular weight is 329 g/mol. The molecule has 8 heteroatoms. The van der Waals surface area contributed by atoms with E-state index >= 15 is 0 Å². The van der Waals surface area contributed by atoms with Crippen molar-refractivity contribution >= 4 is 18.5 Å². The SMILES string of the molecule is Cc1cc(B2OC(C)(C)C(C)(C)O2)ccc1C(F)(F)C(=O)NF. The van der Waals surface area contributed by atoms with Crippen LogP contribution in [0, 0.1) is 6.92 Å². The van der Waals surface area contributed by atoms with Crippen molar-refractivity contribution < 1.29 is 27.4 Å². The fraction of sp³-hybridized carbons (Fsp3) is 0.533. The van der Waals surface area contributed by atoms with Gasteiger partial charge in [-0.3, -0.25) is 4.79 Å². The summed E-state index contributed by atoms with van der Waals surface area (Å²) in [5.41, 5.74) is -0.484. The molecule has 0 unspecified atom stereocenters. The zero-order valence-corrected chi connectivity index (χ0v) is 13.7. The molecule has 0 aliphatic carbocycles. The summed E-state index contributed by atoms with van der Waals surface area (Å²) in [5, 5.41) is 0. The predicted molar refractivity (Wildman–Crippen MR) is 80.0 cm³/mol. The molecular formula is C15H19BF3NO3. The molecule has 0 atom stereocenters. The molecule has 0 aromatic heterocycles. The van der Waals surface area contributed by atoms with E-state index in [-0.39, 0.29) is 5.56 Å². The largest absolute Gasteiger partial charge is 0.494 e. The summed E-state index contributed by atoms with van der Waals surface area (Å²) in [7, 11) is -0.698. The first-order valence-corrected chi connectivity index (χ1v) is 7.18. The van der Waals surface area contributed by atoms with Crippen LogP contribution in [0.3, 0.4) is 0 Å². The molecule has 2 rings (SSSR count). The number of amides is 1. The highest BCUT2D eigenvalue weighted by Crippen LogP contribution is 2.37. The van der Waals surface area contributed by atoms with Gasteiger partial charge in [-0.15, -0.1) is 4.48 Å². The number of rotatable bonds is 3. The molecule has 0 bridgehead atoms. The Morgan fingerprint density at radius 2 is 1.70 bits per heavy atom. The van der Waals surface area contributed by atoms with Crippen LogP contribution in [-0.2, 0) is 20.0 Å². The van der Waals surface area contributed by atoms with Crippen molar-refractivity contribution in [3.63, 3.8) is 0 Å². The molecule has 1 aromatic rings. The van der Waals surface area contributed by atoms with Crippen LogP contribution in [0.5, 0.6) is 0 Å². The summed E-state index contributed by atoms with van der Waals surface area (Å²) in [6, 6.07) is 3.94. The number of nitrogens with one attached hydrogen (secondary N) is 1. The van der Waals surface area contributed by atoms with Gasteiger partial charge < -0.3 is 9.31 Å². The van der Waals surface area contributed by atoms with Crippen LogP contribution in [-0.4, -0.2) is 24.2 Å². The number of hydrogen-bond acceptors (Lipinski definition) is 3. The normalized spacial score (nSPS) is 19.7. The smallest absolute Gasteiger partial charge is 0.399 e. The summed E-state index contributed by atoms with van der Waals surface area (Å²) < 4.78 is 51.5. The lowest BCUT2D eigenvalue weighted by Crippen LogP contribution is -2.41. The number of carbonyl (C=O) groups is 1. The van der Waals surface area contributed by atoms with E-state index in [2.05, 4.69) is 0 Å².